The van der Waals surface area contributed by atoms with Gasteiger partial charge in [0.1, 0.15) is 6.54 Å². The molecule has 0 fully saturated rings. The summed E-state index contributed by atoms with van der Waals surface area (Å²) in [5, 5.41) is 35.6. The van der Waals surface area contributed by atoms with Gasteiger partial charge < -0.3 is 15.4 Å². The van der Waals surface area contributed by atoms with Gasteiger partial charge in [-0.15, -0.1) is 0 Å². The van der Waals surface area contributed by atoms with Crippen LogP contribution in [-0.4, -0.2) is 40.1 Å². The molecule has 0 aliphatic carbocycles. The zero-order chi connectivity index (χ0) is 21.4. The molecule has 2 aromatic rings. The quantitative estimate of drug-likeness (QED) is 0.315. The van der Waals surface area contributed by atoms with Crippen molar-refractivity contribution < 1.29 is 24.7 Å². The van der Waals surface area contributed by atoms with Crippen molar-refractivity contribution in [2.75, 3.05) is 13.1 Å². The molecule has 2 aromatic carbocycles. The largest absolute Gasteiger partial charge is 0.600 e. The summed E-state index contributed by atoms with van der Waals surface area (Å²) in [4.78, 5) is 22.8. The van der Waals surface area contributed by atoms with Crippen molar-refractivity contribution >= 4 is 35.1 Å². The number of azo groups is 1. The second kappa shape index (κ2) is 10.8. The minimum atomic E-state index is -1.04. The highest BCUT2D eigenvalue weighted by molar-refractivity contribution is 6.30. The average Bonchev–Trinajstić information content (AvgIpc) is 2.65. The summed E-state index contributed by atoms with van der Waals surface area (Å²) in [6.45, 7) is -0.216. The Morgan fingerprint density at radius 3 is 1.72 bits per heavy atom. The first kappa shape index (κ1) is 22.6. The van der Waals surface area contributed by atoms with Crippen LogP contribution in [0.2, 0.25) is 10.0 Å². The summed E-state index contributed by atoms with van der Waals surface area (Å²) in [6.07, 6.45) is -0.444. The van der Waals surface area contributed by atoms with Crippen molar-refractivity contribution in [3.05, 3.63) is 74.9 Å². The molecule has 2 unspecified atom stereocenters. The van der Waals surface area contributed by atoms with E-state index in [-0.39, 0.29) is 25.9 Å². The molecule has 7 nitrogen and oxygen atoms in total. The Labute approximate surface area is 177 Å². The van der Waals surface area contributed by atoms with E-state index < -0.39 is 23.8 Å². The summed E-state index contributed by atoms with van der Waals surface area (Å²) in [5.41, 5.74) is 1.36. The lowest BCUT2D eigenvalue weighted by molar-refractivity contribution is -0.533. The highest BCUT2D eigenvalue weighted by Crippen LogP contribution is 2.24. The predicted octanol–water partition coefficient (Wildman–Crippen LogP) is 4.77. The third-order valence-corrected chi connectivity index (χ3v) is 4.87. The van der Waals surface area contributed by atoms with E-state index in [0.29, 0.717) is 26.0 Å². The Kier molecular flexibility index (Phi) is 8.42. The van der Waals surface area contributed by atoms with E-state index in [4.69, 9.17) is 33.4 Å². The molecular formula is C20H20Cl2N2O5. The van der Waals surface area contributed by atoms with Crippen LogP contribution in [0.5, 0.6) is 0 Å². The fraction of sp³-hybridized carbons (Fsp3) is 0.300. The first-order valence-corrected chi connectivity index (χ1v) is 9.56. The monoisotopic (exact) mass is 438 g/mol. The van der Waals surface area contributed by atoms with Gasteiger partial charge in [0.15, 0.2) is 6.54 Å². The Balaban J connectivity index is 2.14. The number of carboxylic acids is 2. The van der Waals surface area contributed by atoms with Crippen molar-refractivity contribution in [2.45, 2.75) is 24.7 Å². The Bertz CT molecular complexity index is 869. The average molecular weight is 439 g/mol. The summed E-state index contributed by atoms with van der Waals surface area (Å²) < 4.78 is 0. The molecule has 0 radical (unpaired) electrons. The van der Waals surface area contributed by atoms with Crippen molar-refractivity contribution in [3.63, 3.8) is 0 Å². The van der Waals surface area contributed by atoms with E-state index in [1.54, 1.807) is 48.5 Å². The van der Waals surface area contributed by atoms with Crippen LogP contribution < -0.4 is 0 Å². The maximum absolute atomic E-state index is 12.3. The Hall–Kier alpha value is -2.64. The van der Waals surface area contributed by atoms with Crippen LogP contribution in [0.15, 0.2) is 53.6 Å². The Morgan fingerprint density at radius 1 is 0.862 bits per heavy atom. The van der Waals surface area contributed by atoms with Crippen molar-refractivity contribution in [2.24, 2.45) is 5.11 Å². The third-order valence-electron chi connectivity index (χ3n) is 4.36. The lowest BCUT2D eigenvalue weighted by Crippen LogP contribution is -2.18. The number of hydroxylamine groups is 1. The number of carbonyl (C=O) groups is 2. The highest BCUT2D eigenvalue weighted by Gasteiger charge is 2.22. The number of halogens is 2. The van der Waals surface area contributed by atoms with E-state index in [1.165, 1.54) is 0 Å². The molecule has 2 rings (SSSR count). The highest BCUT2D eigenvalue weighted by atomic mass is 35.5. The van der Waals surface area contributed by atoms with E-state index in [1.807, 2.05) is 0 Å². The first-order valence-electron chi connectivity index (χ1n) is 8.81. The first-order chi connectivity index (χ1) is 13.7. The van der Waals surface area contributed by atoms with Gasteiger partial charge in [-0.25, -0.2) is 0 Å². The van der Waals surface area contributed by atoms with Crippen LogP contribution in [0.1, 0.15) is 35.8 Å². The van der Waals surface area contributed by atoms with Gasteiger partial charge in [-0.1, -0.05) is 52.3 Å². The van der Waals surface area contributed by atoms with Crippen LogP contribution in [0.4, 0.5) is 0 Å². The van der Waals surface area contributed by atoms with Crippen LogP contribution in [0.3, 0.4) is 0 Å². The summed E-state index contributed by atoms with van der Waals surface area (Å²) >= 11 is 11.7. The lowest BCUT2D eigenvalue weighted by Gasteiger charge is -2.15. The predicted molar refractivity (Wildman–Crippen MR) is 109 cm³/mol. The van der Waals surface area contributed by atoms with E-state index in [9.17, 15) is 14.8 Å². The fourth-order valence-electron chi connectivity index (χ4n) is 2.90. The van der Waals surface area contributed by atoms with Gasteiger partial charge in [0.2, 0.25) is 0 Å². The number of hydrogen-bond acceptors (Lipinski definition) is 4. The number of benzene rings is 2. The van der Waals surface area contributed by atoms with Crippen molar-refractivity contribution in [1.82, 2.24) is 0 Å². The minimum absolute atomic E-state index is 0.0438. The van der Waals surface area contributed by atoms with E-state index in [0.717, 1.165) is 0 Å². The number of rotatable bonds is 10. The third kappa shape index (κ3) is 7.71. The molecule has 0 aromatic heterocycles. The van der Waals surface area contributed by atoms with E-state index >= 15 is 0 Å². The Morgan fingerprint density at radius 2 is 1.28 bits per heavy atom. The second-order valence-corrected chi connectivity index (χ2v) is 7.42. The molecule has 29 heavy (non-hydrogen) atoms. The van der Waals surface area contributed by atoms with Gasteiger partial charge in [-0.2, -0.15) is 0 Å². The number of hydrogen-bond donors (Lipinski definition) is 2. The molecule has 0 aliphatic rings. The van der Waals surface area contributed by atoms with Gasteiger partial charge in [-0.05, 0) is 40.5 Å². The molecule has 2 N–H and O–H groups in total. The summed E-state index contributed by atoms with van der Waals surface area (Å²) in [5.74, 6) is -3.14. The van der Waals surface area contributed by atoms with Gasteiger partial charge in [0, 0.05) is 16.0 Å². The van der Waals surface area contributed by atoms with Crippen LogP contribution >= 0.6 is 23.2 Å². The van der Waals surface area contributed by atoms with Crippen LogP contribution in [0.25, 0.3) is 0 Å². The van der Waals surface area contributed by atoms with Gasteiger partial charge in [0.25, 0.3) is 0 Å². The molecule has 0 saturated carbocycles. The normalized spacial score (nSPS) is 13.7. The minimum Gasteiger partial charge on any atom is -0.600 e. The fourth-order valence-corrected chi connectivity index (χ4v) is 3.15. The maximum atomic E-state index is 12.3. The van der Waals surface area contributed by atoms with Crippen LogP contribution in [0, 0.1) is 5.21 Å². The molecule has 0 heterocycles. The van der Waals surface area contributed by atoms with E-state index in [2.05, 4.69) is 5.11 Å². The molecule has 154 valence electrons. The zero-order valence-electron chi connectivity index (χ0n) is 15.4. The summed E-state index contributed by atoms with van der Waals surface area (Å²) in [6, 6.07) is 13.3. The smallest absolute Gasteiger partial charge is 0.304 e. The maximum Gasteiger partial charge on any atom is 0.304 e. The lowest BCUT2D eigenvalue weighted by atomic mass is 9.95. The van der Waals surface area contributed by atoms with Crippen molar-refractivity contribution in [3.8, 4) is 0 Å². The van der Waals surface area contributed by atoms with Crippen LogP contribution in [-0.2, 0) is 9.59 Å². The topological polar surface area (TPSA) is 113 Å². The molecule has 0 saturated heterocycles. The number of nitrogens with zero attached hydrogens (tertiary/aromatic N) is 2. The molecule has 9 heteroatoms. The molecular weight excluding hydrogens is 419 g/mol. The standard InChI is InChI=1S/C20H20Cl2N2O5/c21-17-5-1-13(2-6-17)15(9-19(25)26)11-23-24(29)12-16(10-20(27)28)14-3-7-18(22)8-4-14/h1-8,15-16H,9-12H2,(H,25,26)(H,27,28). The zero-order valence-corrected chi connectivity index (χ0v) is 16.9. The van der Waals surface area contributed by atoms with Crippen molar-refractivity contribution in [1.29, 1.82) is 0 Å². The molecule has 0 aliphatic heterocycles. The molecule has 2 atom stereocenters. The number of carboxylic acid groups (broad SMARTS) is 2. The second-order valence-electron chi connectivity index (χ2n) is 6.55. The summed E-state index contributed by atoms with van der Waals surface area (Å²) in [7, 11) is 0. The van der Waals surface area contributed by atoms with Gasteiger partial charge in [-0.3, -0.25) is 9.59 Å². The molecule has 0 spiro atoms. The van der Waals surface area contributed by atoms with Gasteiger partial charge >= 0.3 is 11.9 Å². The number of aliphatic carboxylic acids is 2. The molecule has 0 amide bonds. The molecule has 0 bridgehead atoms. The SMILES string of the molecule is O=C(O)CC(CN=[N+]([O-])CC(CC(=O)O)c1ccc(Cl)cc1)c1ccc(Cl)cc1. The van der Waals surface area contributed by atoms with Gasteiger partial charge in [0.05, 0.1) is 18.8 Å².